The van der Waals surface area contributed by atoms with E-state index in [1.807, 2.05) is 0 Å². The Hall–Kier alpha value is -1.55. The molecule has 0 amide bonds. The van der Waals surface area contributed by atoms with Gasteiger partial charge in [-0.25, -0.2) is 4.39 Å². The molecule has 1 atom stereocenters. The number of carbonyl (C=O) groups excluding carboxylic acids is 1. The molecule has 4 heteroatoms. The zero-order valence-corrected chi connectivity index (χ0v) is 8.58. The summed E-state index contributed by atoms with van der Waals surface area (Å²) < 4.78 is 13.7. The molecule has 0 saturated carbocycles. The Labute approximate surface area is 90.4 Å². The lowest BCUT2D eigenvalue weighted by atomic mass is 10.1. The highest BCUT2D eigenvalue weighted by molar-refractivity contribution is 7.11. The number of hydrogen-bond donors (Lipinski definition) is 0. The summed E-state index contributed by atoms with van der Waals surface area (Å²) in [4.78, 5) is 15.7. The van der Waals surface area contributed by atoms with Gasteiger partial charge in [0.2, 0.25) is 5.78 Å². The van der Waals surface area contributed by atoms with Crippen LogP contribution in [0.5, 0.6) is 0 Å². The number of alkyl halides is 1. The van der Waals surface area contributed by atoms with Gasteiger partial charge in [0.1, 0.15) is 0 Å². The molecule has 2 rings (SSSR count). The van der Waals surface area contributed by atoms with Crippen LogP contribution in [0.1, 0.15) is 21.4 Å². The fourth-order valence-electron chi connectivity index (χ4n) is 1.24. The van der Waals surface area contributed by atoms with Gasteiger partial charge in [-0.1, -0.05) is 30.3 Å². The molecule has 1 unspecified atom stereocenters. The first-order valence-electron chi connectivity index (χ1n) is 4.41. The summed E-state index contributed by atoms with van der Waals surface area (Å²) in [7, 11) is 0. The van der Waals surface area contributed by atoms with Crippen molar-refractivity contribution in [2.75, 3.05) is 0 Å². The molecule has 0 saturated heterocycles. The van der Waals surface area contributed by atoms with Gasteiger partial charge in [-0.05, 0) is 5.56 Å². The number of hydrogen-bond acceptors (Lipinski definition) is 3. The SMILES string of the molecule is O=C(c1cncs1)C(F)c1ccccc1. The first kappa shape index (κ1) is 9.98. The van der Waals surface area contributed by atoms with Crippen molar-refractivity contribution >= 4 is 17.1 Å². The van der Waals surface area contributed by atoms with Crippen molar-refractivity contribution in [2.24, 2.45) is 0 Å². The van der Waals surface area contributed by atoms with E-state index in [9.17, 15) is 9.18 Å². The van der Waals surface area contributed by atoms with Crippen molar-refractivity contribution in [1.82, 2.24) is 4.98 Å². The van der Waals surface area contributed by atoms with Crippen LogP contribution in [-0.4, -0.2) is 10.8 Å². The van der Waals surface area contributed by atoms with E-state index < -0.39 is 12.0 Å². The predicted octanol–water partition coefficient (Wildman–Crippen LogP) is 3.04. The monoisotopic (exact) mass is 221 g/mol. The Morgan fingerprint density at radius 3 is 2.67 bits per heavy atom. The van der Waals surface area contributed by atoms with Crippen LogP contribution in [0.25, 0.3) is 0 Å². The van der Waals surface area contributed by atoms with E-state index in [4.69, 9.17) is 0 Å². The molecule has 76 valence electrons. The zero-order valence-electron chi connectivity index (χ0n) is 7.76. The second kappa shape index (κ2) is 4.31. The normalized spacial score (nSPS) is 12.3. The minimum absolute atomic E-state index is 0.353. The number of aromatic nitrogens is 1. The van der Waals surface area contributed by atoms with Gasteiger partial charge in [-0.15, -0.1) is 11.3 Å². The molecule has 0 radical (unpaired) electrons. The van der Waals surface area contributed by atoms with Crippen molar-refractivity contribution in [3.63, 3.8) is 0 Å². The Morgan fingerprint density at radius 2 is 2.07 bits per heavy atom. The van der Waals surface area contributed by atoms with Gasteiger partial charge in [0, 0.05) is 6.20 Å². The van der Waals surface area contributed by atoms with Crippen LogP contribution in [0.3, 0.4) is 0 Å². The van der Waals surface area contributed by atoms with Crippen LogP contribution in [0.2, 0.25) is 0 Å². The average molecular weight is 221 g/mol. The molecule has 1 aromatic heterocycles. The fraction of sp³-hybridized carbons (Fsp3) is 0.0909. The average Bonchev–Trinajstić information content (AvgIpc) is 2.82. The Bertz CT molecular complexity index is 441. The van der Waals surface area contributed by atoms with Crippen molar-refractivity contribution in [2.45, 2.75) is 6.17 Å². The summed E-state index contributed by atoms with van der Waals surface area (Å²) in [5, 5.41) is 0. The summed E-state index contributed by atoms with van der Waals surface area (Å²) in [5.74, 6) is -0.524. The lowest BCUT2D eigenvalue weighted by Gasteiger charge is -2.04. The summed E-state index contributed by atoms with van der Waals surface area (Å²) in [5.41, 5.74) is 1.90. The fourth-order valence-corrected chi connectivity index (χ4v) is 1.81. The first-order chi connectivity index (χ1) is 7.29. The van der Waals surface area contributed by atoms with Crippen LogP contribution in [-0.2, 0) is 0 Å². The Balaban J connectivity index is 2.23. The largest absolute Gasteiger partial charge is 0.289 e. The molecule has 0 aliphatic heterocycles. The lowest BCUT2D eigenvalue weighted by molar-refractivity contribution is 0.0882. The van der Waals surface area contributed by atoms with Crippen LogP contribution in [0.4, 0.5) is 4.39 Å². The number of Topliss-reactive ketones (excluding diaryl/α,β-unsaturated/α-hetero) is 1. The maximum atomic E-state index is 13.7. The van der Waals surface area contributed by atoms with Gasteiger partial charge in [-0.3, -0.25) is 9.78 Å². The summed E-state index contributed by atoms with van der Waals surface area (Å²) in [6.07, 6.45) is -0.200. The zero-order chi connectivity index (χ0) is 10.7. The third-order valence-electron chi connectivity index (χ3n) is 2.00. The molecular formula is C11H8FNOS. The number of rotatable bonds is 3. The molecule has 0 spiro atoms. The van der Waals surface area contributed by atoms with Gasteiger partial charge in [0.15, 0.2) is 6.17 Å². The van der Waals surface area contributed by atoms with E-state index in [0.29, 0.717) is 10.4 Å². The molecule has 0 aliphatic rings. The van der Waals surface area contributed by atoms with Crippen LogP contribution in [0.15, 0.2) is 42.0 Å². The van der Waals surface area contributed by atoms with Gasteiger partial charge in [0.05, 0.1) is 10.4 Å². The molecule has 2 nitrogen and oxygen atoms in total. The van der Waals surface area contributed by atoms with E-state index in [2.05, 4.69) is 4.98 Å². The quantitative estimate of drug-likeness (QED) is 0.746. The predicted molar refractivity (Wildman–Crippen MR) is 56.7 cm³/mol. The molecule has 0 fully saturated rings. The van der Waals surface area contributed by atoms with E-state index in [-0.39, 0.29) is 0 Å². The highest BCUT2D eigenvalue weighted by Gasteiger charge is 2.21. The van der Waals surface area contributed by atoms with E-state index in [0.717, 1.165) is 11.3 Å². The third-order valence-corrected chi connectivity index (χ3v) is 2.79. The van der Waals surface area contributed by atoms with Gasteiger partial charge in [-0.2, -0.15) is 0 Å². The number of ketones is 1. The number of thiazole rings is 1. The van der Waals surface area contributed by atoms with Gasteiger partial charge >= 0.3 is 0 Å². The highest BCUT2D eigenvalue weighted by atomic mass is 32.1. The number of nitrogens with zero attached hydrogens (tertiary/aromatic N) is 1. The van der Waals surface area contributed by atoms with Crippen molar-refractivity contribution in [3.05, 3.63) is 52.5 Å². The molecule has 1 aromatic carbocycles. The first-order valence-corrected chi connectivity index (χ1v) is 5.28. The lowest BCUT2D eigenvalue weighted by Crippen LogP contribution is -2.06. The van der Waals surface area contributed by atoms with Crippen molar-refractivity contribution in [3.8, 4) is 0 Å². The molecule has 0 bridgehead atoms. The minimum atomic E-state index is -1.59. The maximum absolute atomic E-state index is 13.7. The molecule has 0 N–H and O–H groups in total. The Morgan fingerprint density at radius 1 is 1.33 bits per heavy atom. The second-order valence-electron chi connectivity index (χ2n) is 3.00. The molecule has 1 heterocycles. The minimum Gasteiger partial charge on any atom is -0.289 e. The number of halogens is 1. The standard InChI is InChI=1S/C11H8FNOS/c12-10(8-4-2-1-3-5-8)11(14)9-6-13-7-15-9/h1-7,10H. The van der Waals surface area contributed by atoms with E-state index >= 15 is 0 Å². The van der Waals surface area contributed by atoms with Crippen LogP contribution >= 0.6 is 11.3 Å². The molecule has 15 heavy (non-hydrogen) atoms. The van der Waals surface area contributed by atoms with E-state index in [1.165, 1.54) is 11.7 Å². The number of benzene rings is 1. The highest BCUT2D eigenvalue weighted by Crippen LogP contribution is 2.23. The second-order valence-corrected chi connectivity index (χ2v) is 3.89. The summed E-state index contributed by atoms with van der Waals surface area (Å²) in [6.45, 7) is 0. The Kier molecular flexibility index (Phi) is 2.87. The van der Waals surface area contributed by atoms with Gasteiger partial charge in [0.25, 0.3) is 0 Å². The topological polar surface area (TPSA) is 30.0 Å². The summed E-state index contributed by atoms with van der Waals surface area (Å²) in [6, 6.07) is 8.41. The maximum Gasteiger partial charge on any atom is 0.213 e. The molecule has 2 aromatic rings. The van der Waals surface area contributed by atoms with E-state index in [1.54, 1.807) is 30.3 Å². The molecule has 0 aliphatic carbocycles. The van der Waals surface area contributed by atoms with Crippen LogP contribution < -0.4 is 0 Å². The summed E-state index contributed by atoms with van der Waals surface area (Å²) >= 11 is 1.15. The smallest absolute Gasteiger partial charge is 0.213 e. The van der Waals surface area contributed by atoms with Crippen molar-refractivity contribution in [1.29, 1.82) is 0 Å². The van der Waals surface area contributed by atoms with Crippen LogP contribution in [0, 0.1) is 0 Å². The van der Waals surface area contributed by atoms with Gasteiger partial charge < -0.3 is 0 Å². The van der Waals surface area contributed by atoms with Crippen molar-refractivity contribution < 1.29 is 9.18 Å². The molecular weight excluding hydrogens is 213 g/mol. The third kappa shape index (κ3) is 2.10. The number of carbonyl (C=O) groups is 1.